The highest BCUT2D eigenvalue weighted by Gasteiger charge is 2.25. The van der Waals surface area contributed by atoms with Crippen molar-refractivity contribution in [2.45, 2.75) is 20.3 Å². The van der Waals surface area contributed by atoms with Crippen LogP contribution in [0.1, 0.15) is 20.3 Å². The van der Waals surface area contributed by atoms with Gasteiger partial charge in [-0.2, -0.15) is 0 Å². The molecule has 0 saturated carbocycles. The van der Waals surface area contributed by atoms with Crippen LogP contribution in [0.25, 0.3) is 11.3 Å². The lowest BCUT2D eigenvalue weighted by Crippen LogP contribution is -2.43. The van der Waals surface area contributed by atoms with Gasteiger partial charge in [-0.3, -0.25) is 9.59 Å². The molecule has 8 heteroatoms. The van der Waals surface area contributed by atoms with Crippen LogP contribution in [0.4, 0.5) is 5.13 Å². The largest absolute Gasteiger partial charge is 0.341 e. The maximum Gasteiger partial charge on any atom is 0.236 e. The van der Waals surface area contributed by atoms with Gasteiger partial charge in [0.15, 0.2) is 5.13 Å². The van der Waals surface area contributed by atoms with Crippen LogP contribution in [0.15, 0.2) is 34.1 Å². The van der Waals surface area contributed by atoms with Crippen LogP contribution in [0.2, 0.25) is 0 Å². The zero-order chi connectivity index (χ0) is 20.1. The van der Waals surface area contributed by atoms with E-state index in [1.807, 2.05) is 34.5 Å². The van der Waals surface area contributed by atoms with Crippen LogP contribution in [0.5, 0.6) is 0 Å². The van der Waals surface area contributed by atoms with E-state index in [4.69, 9.17) is 0 Å². The van der Waals surface area contributed by atoms with Gasteiger partial charge >= 0.3 is 0 Å². The van der Waals surface area contributed by atoms with Crippen molar-refractivity contribution < 1.29 is 9.59 Å². The van der Waals surface area contributed by atoms with Crippen molar-refractivity contribution in [1.82, 2.24) is 9.88 Å². The summed E-state index contributed by atoms with van der Waals surface area (Å²) in [6, 6.07) is 7.89. The molecular weight excluding hydrogens is 458 g/mol. The molecule has 2 unspecified atom stereocenters. The van der Waals surface area contributed by atoms with E-state index >= 15 is 0 Å². The minimum atomic E-state index is -0.130. The minimum Gasteiger partial charge on any atom is -0.341 e. The van der Waals surface area contributed by atoms with E-state index in [2.05, 4.69) is 40.1 Å². The fraction of sp³-hybridized carbons (Fsp3) is 0.450. The molecule has 0 spiro atoms. The predicted molar refractivity (Wildman–Crippen MR) is 121 cm³/mol. The Kier molecular flexibility index (Phi) is 7.54. The van der Waals surface area contributed by atoms with Gasteiger partial charge in [-0.1, -0.05) is 41.9 Å². The Morgan fingerprint density at radius 2 is 1.89 bits per heavy atom. The second-order valence-corrected chi connectivity index (χ2v) is 10.1. The zero-order valence-corrected chi connectivity index (χ0v) is 19.2. The number of nitrogens with zero attached hydrogens (tertiary/aromatic N) is 2. The van der Waals surface area contributed by atoms with Crippen molar-refractivity contribution in [1.29, 1.82) is 0 Å². The van der Waals surface area contributed by atoms with E-state index < -0.39 is 0 Å². The number of aromatic nitrogens is 1. The smallest absolute Gasteiger partial charge is 0.236 e. The second-order valence-electron chi connectivity index (χ2n) is 7.33. The van der Waals surface area contributed by atoms with E-state index in [1.54, 1.807) is 0 Å². The van der Waals surface area contributed by atoms with E-state index in [1.165, 1.54) is 29.5 Å². The highest BCUT2D eigenvalue weighted by atomic mass is 79.9. The van der Waals surface area contributed by atoms with E-state index in [-0.39, 0.29) is 17.6 Å². The molecule has 2 heterocycles. The third-order valence-corrected chi connectivity index (χ3v) is 6.77. The molecule has 150 valence electrons. The summed E-state index contributed by atoms with van der Waals surface area (Å²) in [5.41, 5.74) is 1.84. The molecule has 1 fully saturated rings. The number of anilines is 1. The van der Waals surface area contributed by atoms with Gasteiger partial charge in [0.2, 0.25) is 11.8 Å². The number of piperidine rings is 1. The maximum atomic E-state index is 12.4. The normalized spacial score (nSPS) is 19.5. The van der Waals surface area contributed by atoms with Gasteiger partial charge in [-0.05, 0) is 30.4 Å². The average molecular weight is 482 g/mol. The summed E-state index contributed by atoms with van der Waals surface area (Å²) in [6.45, 7) is 6.03. The second kappa shape index (κ2) is 9.89. The quantitative estimate of drug-likeness (QED) is 0.646. The van der Waals surface area contributed by atoms with Gasteiger partial charge in [0.1, 0.15) is 0 Å². The van der Waals surface area contributed by atoms with E-state index in [9.17, 15) is 9.59 Å². The van der Waals surface area contributed by atoms with Gasteiger partial charge in [-0.25, -0.2) is 4.98 Å². The molecule has 1 saturated heterocycles. The van der Waals surface area contributed by atoms with Crippen molar-refractivity contribution in [2.75, 3.05) is 29.9 Å². The molecular formula is C20H24BrN3O2S2. The van der Waals surface area contributed by atoms with Crippen LogP contribution in [-0.4, -0.2) is 46.3 Å². The summed E-state index contributed by atoms with van der Waals surface area (Å²) in [6.07, 6.45) is 1.18. The maximum absolute atomic E-state index is 12.4. The molecule has 1 aliphatic rings. The summed E-state index contributed by atoms with van der Waals surface area (Å²) in [4.78, 5) is 31.0. The van der Waals surface area contributed by atoms with Crippen molar-refractivity contribution in [3.05, 3.63) is 34.1 Å². The zero-order valence-electron chi connectivity index (χ0n) is 16.0. The molecule has 0 radical (unpaired) electrons. The van der Waals surface area contributed by atoms with Gasteiger partial charge in [0.05, 0.1) is 17.2 Å². The van der Waals surface area contributed by atoms with E-state index in [0.29, 0.717) is 22.7 Å². The van der Waals surface area contributed by atoms with Gasteiger partial charge in [0.25, 0.3) is 0 Å². The number of hydrogen-bond donors (Lipinski definition) is 1. The minimum absolute atomic E-state index is 0.128. The number of halogens is 1. The molecule has 2 aromatic rings. The Labute approximate surface area is 182 Å². The molecule has 1 N–H and O–H groups in total. The first-order valence-corrected chi connectivity index (χ1v) is 12.1. The third-order valence-electron chi connectivity index (χ3n) is 4.57. The SMILES string of the molecule is CC1CC(C)CN(C(=O)CSCC(=O)Nc2nc(-c3ccc(Br)cc3)cs2)C1. The lowest BCUT2D eigenvalue weighted by atomic mass is 9.92. The number of amides is 2. The van der Waals surface area contributed by atoms with Crippen molar-refractivity contribution in [3.63, 3.8) is 0 Å². The Balaban J connectivity index is 1.43. The Bertz CT molecular complexity index is 815. The summed E-state index contributed by atoms with van der Waals surface area (Å²) < 4.78 is 1.01. The number of rotatable bonds is 6. The predicted octanol–water partition coefficient (Wildman–Crippen LogP) is 4.75. The highest BCUT2D eigenvalue weighted by Crippen LogP contribution is 2.26. The number of carbonyl (C=O) groups excluding carboxylic acids is 2. The van der Waals surface area contributed by atoms with Crippen LogP contribution in [0, 0.1) is 11.8 Å². The molecule has 0 aliphatic carbocycles. The number of carbonyl (C=O) groups is 2. The molecule has 2 amide bonds. The number of thiazole rings is 1. The average Bonchev–Trinajstić information content (AvgIpc) is 3.09. The number of nitrogens with one attached hydrogen (secondary N) is 1. The standard InChI is InChI=1S/C20H24BrN3O2S2/c1-13-7-14(2)9-24(8-13)19(26)12-27-11-18(25)23-20-22-17(10-28-20)15-3-5-16(21)6-4-15/h3-6,10,13-14H,7-9,11-12H2,1-2H3,(H,22,23,25). The first-order chi connectivity index (χ1) is 13.4. The first-order valence-electron chi connectivity index (χ1n) is 9.27. The molecule has 5 nitrogen and oxygen atoms in total. The summed E-state index contributed by atoms with van der Waals surface area (Å²) >= 11 is 6.18. The molecule has 3 rings (SSSR count). The number of benzene rings is 1. The highest BCUT2D eigenvalue weighted by molar-refractivity contribution is 9.10. The molecule has 0 bridgehead atoms. The van der Waals surface area contributed by atoms with Crippen molar-refractivity contribution >= 4 is 56.0 Å². The number of hydrogen-bond acceptors (Lipinski definition) is 5. The summed E-state index contributed by atoms with van der Waals surface area (Å²) in [5.74, 6) is 1.68. The molecule has 1 aliphatic heterocycles. The van der Waals surface area contributed by atoms with Crippen LogP contribution in [0.3, 0.4) is 0 Å². The Morgan fingerprint density at radius 1 is 1.21 bits per heavy atom. The molecule has 1 aromatic heterocycles. The lowest BCUT2D eigenvalue weighted by Gasteiger charge is -2.35. The third kappa shape index (κ3) is 6.06. The summed E-state index contributed by atoms with van der Waals surface area (Å²) in [5, 5.41) is 5.33. The fourth-order valence-electron chi connectivity index (χ4n) is 3.43. The van der Waals surface area contributed by atoms with Crippen molar-refractivity contribution in [3.8, 4) is 11.3 Å². The Morgan fingerprint density at radius 3 is 2.57 bits per heavy atom. The molecule has 2 atom stereocenters. The van der Waals surface area contributed by atoms with Gasteiger partial charge in [0, 0.05) is 28.5 Å². The van der Waals surface area contributed by atoms with E-state index in [0.717, 1.165) is 28.8 Å². The number of thioether (sulfide) groups is 1. The van der Waals surface area contributed by atoms with Crippen molar-refractivity contribution in [2.24, 2.45) is 11.8 Å². The molecule has 1 aromatic carbocycles. The first kappa shape index (κ1) is 21.3. The monoisotopic (exact) mass is 481 g/mol. The van der Waals surface area contributed by atoms with Gasteiger partial charge < -0.3 is 10.2 Å². The number of likely N-dealkylation sites (tertiary alicyclic amines) is 1. The van der Waals surface area contributed by atoms with Crippen LogP contribution < -0.4 is 5.32 Å². The topological polar surface area (TPSA) is 62.3 Å². The van der Waals surface area contributed by atoms with Crippen LogP contribution >= 0.6 is 39.0 Å². The summed E-state index contributed by atoms with van der Waals surface area (Å²) in [7, 11) is 0. The Hall–Kier alpha value is -1.38. The lowest BCUT2D eigenvalue weighted by molar-refractivity contribution is -0.130. The van der Waals surface area contributed by atoms with Crippen LogP contribution in [-0.2, 0) is 9.59 Å². The molecule has 28 heavy (non-hydrogen) atoms. The fourth-order valence-corrected chi connectivity index (χ4v) is 5.15. The van der Waals surface area contributed by atoms with Gasteiger partial charge in [-0.15, -0.1) is 23.1 Å².